The number of hydrogen-bond donors (Lipinski definition) is 2. The van der Waals surface area contributed by atoms with Crippen molar-refractivity contribution in [3.63, 3.8) is 0 Å². The van der Waals surface area contributed by atoms with Gasteiger partial charge in [0.1, 0.15) is 5.75 Å². The molecule has 22 heavy (non-hydrogen) atoms. The van der Waals surface area contributed by atoms with Gasteiger partial charge in [0, 0.05) is 12.6 Å². The molecule has 0 aliphatic heterocycles. The van der Waals surface area contributed by atoms with Crippen LogP contribution < -0.4 is 15.8 Å². The Morgan fingerprint density at radius 2 is 1.91 bits per heavy atom. The van der Waals surface area contributed by atoms with E-state index in [4.69, 9.17) is 10.5 Å². The van der Waals surface area contributed by atoms with Gasteiger partial charge in [-0.25, -0.2) is 0 Å². The predicted octanol–water partition coefficient (Wildman–Crippen LogP) is 2.36. The maximum Gasteiger partial charge on any atom is 0.416 e. The Hall–Kier alpha value is -1.47. The highest BCUT2D eigenvalue weighted by Crippen LogP contribution is 2.32. The minimum atomic E-state index is -4.38. The van der Waals surface area contributed by atoms with Gasteiger partial charge in [0.25, 0.3) is 5.91 Å². The van der Waals surface area contributed by atoms with E-state index in [0.717, 1.165) is 25.0 Å². The van der Waals surface area contributed by atoms with Gasteiger partial charge in [0.05, 0.1) is 5.56 Å². The Kier molecular flexibility index (Phi) is 6.49. The third-order valence-electron chi connectivity index (χ3n) is 3.34. The molecule has 2 rings (SSSR count). The Morgan fingerprint density at radius 1 is 1.32 bits per heavy atom. The summed E-state index contributed by atoms with van der Waals surface area (Å²) in [4.78, 5) is 11.7. The number of hydrogen-bond acceptors (Lipinski definition) is 3. The number of nitrogens with two attached hydrogens (primary N) is 1. The molecule has 0 aromatic heterocycles. The van der Waals surface area contributed by atoms with E-state index < -0.39 is 11.7 Å². The molecule has 0 saturated heterocycles. The lowest BCUT2D eigenvalue weighted by Gasteiger charge is -2.16. The van der Waals surface area contributed by atoms with E-state index in [2.05, 4.69) is 5.32 Å². The molecule has 1 aromatic rings. The van der Waals surface area contributed by atoms with Crippen LogP contribution in [0.1, 0.15) is 18.4 Å². The van der Waals surface area contributed by atoms with E-state index in [-0.39, 0.29) is 36.7 Å². The fraction of sp³-hybridized carbons (Fsp3) is 0.500. The van der Waals surface area contributed by atoms with Gasteiger partial charge in [-0.05, 0) is 43.0 Å². The maximum absolute atomic E-state index is 12.4. The second-order valence-electron chi connectivity index (χ2n) is 5.06. The van der Waals surface area contributed by atoms with Crippen LogP contribution in [0.15, 0.2) is 24.3 Å². The highest BCUT2D eigenvalue weighted by atomic mass is 35.5. The molecule has 3 N–H and O–H groups in total. The predicted molar refractivity (Wildman–Crippen MR) is 77.9 cm³/mol. The van der Waals surface area contributed by atoms with Crippen molar-refractivity contribution in [1.82, 2.24) is 5.32 Å². The Morgan fingerprint density at radius 3 is 2.36 bits per heavy atom. The second kappa shape index (κ2) is 7.69. The summed E-state index contributed by atoms with van der Waals surface area (Å²) >= 11 is 0. The second-order valence-corrected chi connectivity index (χ2v) is 5.06. The van der Waals surface area contributed by atoms with Crippen LogP contribution in [0.25, 0.3) is 0 Å². The summed E-state index contributed by atoms with van der Waals surface area (Å²) in [6.45, 7) is 0.130. The van der Waals surface area contributed by atoms with Crippen LogP contribution in [-0.2, 0) is 11.0 Å². The van der Waals surface area contributed by atoms with Crippen molar-refractivity contribution in [2.24, 2.45) is 11.7 Å². The fourth-order valence-electron chi connectivity index (χ4n) is 2.01. The normalized spacial score (nSPS) is 15.6. The minimum Gasteiger partial charge on any atom is -0.484 e. The van der Waals surface area contributed by atoms with Gasteiger partial charge >= 0.3 is 6.18 Å². The molecule has 1 amide bonds. The van der Waals surface area contributed by atoms with E-state index in [1.54, 1.807) is 0 Å². The van der Waals surface area contributed by atoms with Gasteiger partial charge in [0.15, 0.2) is 6.61 Å². The van der Waals surface area contributed by atoms with Crippen LogP contribution in [0.5, 0.6) is 5.75 Å². The zero-order chi connectivity index (χ0) is 15.5. The summed E-state index contributed by atoms with van der Waals surface area (Å²) in [6.07, 6.45) is -2.27. The van der Waals surface area contributed by atoms with Gasteiger partial charge in [-0.1, -0.05) is 0 Å². The summed E-state index contributed by atoms with van der Waals surface area (Å²) in [5.74, 6) is 0.330. The van der Waals surface area contributed by atoms with Crippen molar-refractivity contribution in [1.29, 1.82) is 0 Å². The standard InChI is InChI=1S/C14H17F3N2O2.ClH/c15-14(16,17)10-3-5-11(6-4-10)21-8-13(20)19-12(7-18)9-1-2-9;/h3-6,9,12H,1-2,7-8,18H2,(H,19,20);1H. The van der Waals surface area contributed by atoms with Crippen LogP contribution in [0, 0.1) is 5.92 Å². The topological polar surface area (TPSA) is 64.3 Å². The van der Waals surface area contributed by atoms with Crippen molar-refractivity contribution in [2.45, 2.75) is 25.1 Å². The average molecular weight is 339 g/mol. The first-order valence-corrected chi connectivity index (χ1v) is 6.69. The van der Waals surface area contributed by atoms with Crippen molar-refractivity contribution in [3.8, 4) is 5.75 Å². The lowest BCUT2D eigenvalue weighted by atomic mass is 10.2. The number of amides is 1. The summed E-state index contributed by atoms with van der Waals surface area (Å²) in [5.41, 5.74) is 4.81. The van der Waals surface area contributed by atoms with Crippen LogP contribution in [0.2, 0.25) is 0 Å². The molecule has 1 unspecified atom stereocenters. The molecule has 1 aliphatic carbocycles. The number of halogens is 4. The largest absolute Gasteiger partial charge is 0.484 e. The summed E-state index contributed by atoms with van der Waals surface area (Å²) < 4.78 is 42.3. The first-order valence-electron chi connectivity index (χ1n) is 6.69. The molecule has 4 nitrogen and oxygen atoms in total. The Labute approximate surface area is 132 Å². The lowest BCUT2D eigenvalue weighted by Crippen LogP contribution is -2.43. The molecular weight excluding hydrogens is 321 g/mol. The van der Waals surface area contributed by atoms with Gasteiger partial charge in [-0.3, -0.25) is 4.79 Å². The quantitative estimate of drug-likeness (QED) is 0.837. The van der Waals surface area contributed by atoms with E-state index >= 15 is 0 Å². The Bertz CT molecular complexity index is 490. The summed E-state index contributed by atoms with van der Waals surface area (Å²) in [5, 5.41) is 2.77. The molecule has 1 saturated carbocycles. The maximum atomic E-state index is 12.4. The van der Waals surface area contributed by atoms with Crippen molar-refractivity contribution in [2.75, 3.05) is 13.2 Å². The van der Waals surface area contributed by atoms with E-state index in [1.807, 2.05) is 0 Å². The monoisotopic (exact) mass is 338 g/mol. The molecule has 0 bridgehead atoms. The minimum absolute atomic E-state index is 0. The summed E-state index contributed by atoms with van der Waals surface area (Å²) in [7, 11) is 0. The highest BCUT2D eigenvalue weighted by Gasteiger charge is 2.31. The molecule has 124 valence electrons. The van der Waals surface area contributed by atoms with Crippen LogP contribution in [0.3, 0.4) is 0 Å². The van der Waals surface area contributed by atoms with E-state index in [1.165, 1.54) is 12.1 Å². The van der Waals surface area contributed by atoms with Crippen LogP contribution >= 0.6 is 12.4 Å². The van der Waals surface area contributed by atoms with E-state index in [9.17, 15) is 18.0 Å². The zero-order valence-corrected chi connectivity index (χ0v) is 12.5. The zero-order valence-electron chi connectivity index (χ0n) is 11.7. The molecule has 0 heterocycles. The van der Waals surface area contributed by atoms with Gasteiger partial charge in [-0.15, -0.1) is 12.4 Å². The number of rotatable bonds is 6. The highest BCUT2D eigenvalue weighted by molar-refractivity contribution is 5.85. The number of carbonyl (C=O) groups excluding carboxylic acids is 1. The SMILES string of the molecule is Cl.NCC(NC(=O)COc1ccc(C(F)(F)F)cc1)C1CC1. The molecule has 1 atom stereocenters. The molecule has 1 aliphatic rings. The smallest absolute Gasteiger partial charge is 0.416 e. The molecular formula is C14H18ClF3N2O2. The molecule has 1 aromatic carbocycles. The fourth-order valence-corrected chi connectivity index (χ4v) is 2.01. The van der Waals surface area contributed by atoms with Crippen LogP contribution in [0.4, 0.5) is 13.2 Å². The van der Waals surface area contributed by atoms with Crippen molar-refractivity contribution >= 4 is 18.3 Å². The molecule has 0 spiro atoms. The molecule has 1 fully saturated rings. The lowest BCUT2D eigenvalue weighted by molar-refractivity contribution is -0.137. The van der Waals surface area contributed by atoms with Crippen molar-refractivity contribution < 1.29 is 22.7 Å². The van der Waals surface area contributed by atoms with Gasteiger partial charge in [0.2, 0.25) is 0 Å². The third kappa shape index (κ3) is 5.38. The van der Waals surface area contributed by atoms with Crippen molar-refractivity contribution in [3.05, 3.63) is 29.8 Å². The number of alkyl halides is 3. The third-order valence-corrected chi connectivity index (χ3v) is 3.34. The number of benzene rings is 1. The van der Waals surface area contributed by atoms with Gasteiger partial charge in [-0.2, -0.15) is 13.2 Å². The first-order chi connectivity index (χ1) is 9.90. The summed E-state index contributed by atoms with van der Waals surface area (Å²) in [6, 6.07) is 4.17. The first kappa shape index (κ1) is 18.6. The Balaban J connectivity index is 0.00000242. The molecule has 0 radical (unpaired) electrons. The van der Waals surface area contributed by atoms with Crippen LogP contribution in [-0.4, -0.2) is 25.1 Å². The number of nitrogens with one attached hydrogen (secondary N) is 1. The van der Waals surface area contributed by atoms with E-state index in [0.29, 0.717) is 12.5 Å². The number of ether oxygens (including phenoxy) is 1. The average Bonchev–Trinajstić information content (AvgIpc) is 3.26. The number of carbonyl (C=O) groups is 1. The van der Waals surface area contributed by atoms with Gasteiger partial charge < -0.3 is 15.8 Å². The molecule has 8 heteroatoms.